The van der Waals surface area contributed by atoms with Gasteiger partial charge in [-0.2, -0.15) is 0 Å². The summed E-state index contributed by atoms with van der Waals surface area (Å²) in [6.07, 6.45) is 2.74. The number of carbonyl (C=O) groups excluding carboxylic acids is 1. The molecular formula is C14H27N3O3. The van der Waals surface area contributed by atoms with Crippen molar-refractivity contribution in [2.75, 3.05) is 46.9 Å². The van der Waals surface area contributed by atoms with Crippen LogP contribution >= 0.6 is 0 Å². The number of nitrogens with one attached hydrogen (secondary N) is 1. The van der Waals surface area contributed by atoms with E-state index in [1.165, 1.54) is 0 Å². The summed E-state index contributed by atoms with van der Waals surface area (Å²) in [6.45, 7) is 3.24. The molecule has 3 unspecified atom stereocenters. The van der Waals surface area contributed by atoms with Crippen LogP contribution in [0.1, 0.15) is 19.3 Å². The number of ether oxygens (including phenoxy) is 1. The molecule has 2 heterocycles. The third-order valence-corrected chi connectivity index (χ3v) is 3.98. The topological polar surface area (TPSA) is 65.0 Å². The molecule has 2 saturated heterocycles. The second kappa shape index (κ2) is 7.36. The summed E-state index contributed by atoms with van der Waals surface area (Å²) in [5.74, 6) is 0.0263. The quantitative estimate of drug-likeness (QED) is 0.674. The highest BCUT2D eigenvalue weighted by atomic mass is 16.5. The lowest BCUT2D eigenvalue weighted by atomic mass is 10.2. The number of β-amino-alcohol motifs (C(OH)–C–C–N with tert-alkyl or cyclic N) is 1. The molecule has 6 nitrogen and oxygen atoms in total. The van der Waals surface area contributed by atoms with E-state index in [1.807, 2.05) is 14.1 Å². The van der Waals surface area contributed by atoms with E-state index in [4.69, 9.17) is 4.74 Å². The number of aliphatic hydroxyl groups excluding tert-OH is 1. The molecule has 0 saturated carbocycles. The van der Waals surface area contributed by atoms with Gasteiger partial charge in [0, 0.05) is 32.3 Å². The zero-order chi connectivity index (χ0) is 14.5. The van der Waals surface area contributed by atoms with Gasteiger partial charge in [-0.15, -0.1) is 0 Å². The Kier molecular flexibility index (Phi) is 5.77. The fourth-order valence-electron chi connectivity index (χ4n) is 3.04. The molecule has 20 heavy (non-hydrogen) atoms. The zero-order valence-corrected chi connectivity index (χ0v) is 12.5. The number of amides is 1. The maximum atomic E-state index is 12.0. The van der Waals surface area contributed by atoms with Gasteiger partial charge in [0.1, 0.15) is 0 Å². The Morgan fingerprint density at radius 3 is 2.95 bits per heavy atom. The van der Waals surface area contributed by atoms with Crippen LogP contribution in [0.15, 0.2) is 0 Å². The Bertz CT molecular complexity index is 319. The largest absolute Gasteiger partial charge is 0.392 e. The van der Waals surface area contributed by atoms with E-state index in [9.17, 15) is 9.90 Å². The van der Waals surface area contributed by atoms with Crippen molar-refractivity contribution in [2.24, 2.45) is 0 Å². The number of likely N-dealkylation sites (tertiary alicyclic amines) is 1. The molecule has 2 aliphatic heterocycles. The summed E-state index contributed by atoms with van der Waals surface area (Å²) in [6, 6.07) is 0.258. The van der Waals surface area contributed by atoms with Crippen LogP contribution in [0, 0.1) is 0 Å². The van der Waals surface area contributed by atoms with E-state index in [0.29, 0.717) is 19.6 Å². The third kappa shape index (κ3) is 4.70. The Balaban J connectivity index is 1.73. The molecule has 0 aliphatic carbocycles. The first kappa shape index (κ1) is 15.7. The molecule has 116 valence electrons. The van der Waals surface area contributed by atoms with Crippen LogP contribution in [0.2, 0.25) is 0 Å². The van der Waals surface area contributed by atoms with Crippen LogP contribution in [0.25, 0.3) is 0 Å². The summed E-state index contributed by atoms with van der Waals surface area (Å²) < 4.78 is 5.49. The van der Waals surface area contributed by atoms with Crippen LogP contribution < -0.4 is 5.32 Å². The molecule has 0 aromatic heterocycles. The monoisotopic (exact) mass is 285 g/mol. The summed E-state index contributed by atoms with van der Waals surface area (Å²) in [7, 11) is 4.03. The molecule has 3 atom stereocenters. The summed E-state index contributed by atoms with van der Waals surface area (Å²) in [5.41, 5.74) is 0. The van der Waals surface area contributed by atoms with Gasteiger partial charge in [-0.1, -0.05) is 0 Å². The highest BCUT2D eigenvalue weighted by molar-refractivity contribution is 5.78. The van der Waals surface area contributed by atoms with Crippen molar-refractivity contribution >= 4 is 5.91 Å². The second-order valence-electron chi connectivity index (χ2n) is 6.17. The van der Waals surface area contributed by atoms with Crippen molar-refractivity contribution in [1.29, 1.82) is 0 Å². The van der Waals surface area contributed by atoms with E-state index in [2.05, 4.69) is 15.1 Å². The summed E-state index contributed by atoms with van der Waals surface area (Å²) in [5, 5.41) is 12.7. The third-order valence-electron chi connectivity index (χ3n) is 3.98. The van der Waals surface area contributed by atoms with Crippen LogP contribution in [-0.2, 0) is 9.53 Å². The normalized spacial score (nSPS) is 31.1. The van der Waals surface area contributed by atoms with Crippen LogP contribution in [0.4, 0.5) is 0 Å². The number of aliphatic hydroxyl groups is 1. The van der Waals surface area contributed by atoms with Gasteiger partial charge in [0.2, 0.25) is 5.91 Å². The van der Waals surface area contributed by atoms with E-state index in [1.54, 1.807) is 0 Å². The van der Waals surface area contributed by atoms with Gasteiger partial charge in [0.05, 0.1) is 18.8 Å². The van der Waals surface area contributed by atoms with E-state index >= 15 is 0 Å². The molecule has 2 fully saturated rings. The van der Waals surface area contributed by atoms with E-state index in [0.717, 1.165) is 32.4 Å². The van der Waals surface area contributed by atoms with Crippen molar-refractivity contribution in [3.8, 4) is 0 Å². The minimum absolute atomic E-state index is 0.0263. The van der Waals surface area contributed by atoms with Crippen molar-refractivity contribution in [3.05, 3.63) is 0 Å². The predicted molar refractivity (Wildman–Crippen MR) is 76.5 cm³/mol. The van der Waals surface area contributed by atoms with Gasteiger partial charge in [-0.05, 0) is 33.4 Å². The summed E-state index contributed by atoms with van der Waals surface area (Å²) >= 11 is 0. The molecule has 6 heteroatoms. The minimum Gasteiger partial charge on any atom is -0.392 e. The van der Waals surface area contributed by atoms with Gasteiger partial charge in [0.15, 0.2) is 0 Å². The Labute approximate surface area is 121 Å². The first-order chi connectivity index (χ1) is 9.54. The predicted octanol–water partition coefficient (Wildman–Crippen LogP) is -0.722. The van der Waals surface area contributed by atoms with Crippen molar-refractivity contribution in [1.82, 2.24) is 15.1 Å². The molecular weight excluding hydrogens is 258 g/mol. The lowest BCUT2D eigenvalue weighted by molar-refractivity contribution is -0.123. The molecule has 2 rings (SSSR count). The smallest absolute Gasteiger partial charge is 0.234 e. The molecule has 1 amide bonds. The van der Waals surface area contributed by atoms with Gasteiger partial charge in [-0.25, -0.2) is 0 Å². The van der Waals surface area contributed by atoms with Crippen molar-refractivity contribution in [3.63, 3.8) is 0 Å². The minimum atomic E-state index is -0.314. The molecule has 0 radical (unpaired) electrons. The first-order valence-electron chi connectivity index (χ1n) is 7.49. The van der Waals surface area contributed by atoms with Gasteiger partial charge in [0.25, 0.3) is 0 Å². The van der Waals surface area contributed by atoms with E-state index in [-0.39, 0.29) is 24.2 Å². The molecule has 0 spiro atoms. The number of likely N-dealkylation sites (N-methyl/N-ethyl adjacent to an activating group) is 1. The maximum absolute atomic E-state index is 12.0. The average molecular weight is 285 g/mol. The second-order valence-corrected chi connectivity index (χ2v) is 6.17. The first-order valence-corrected chi connectivity index (χ1v) is 7.49. The van der Waals surface area contributed by atoms with Gasteiger partial charge >= 0.3 is 0 Å². The Hall–Kier alpha value is -0.690. The van der Waals surface area contributed by atoms with Crippen molar-refractivity contribution < 1.29 is 14.6 Å². The highest BCUT2D eigenvalue weighted by Gasteiger charge is 2.32. The molecule has 2 N–H and O–H groups in total. The maximum Gasteiger partial charge on any atom is 0.234 e. The summed E-state index contributed by atoms with van der Waals surface area (Å²) in [4.78, 5) is 16.2. The van der Waals surface area contributed by atoms with Crippen molar-refractivity contribution in [2.45, 2.75) is 37.5 Å². The van der Waals surface area contributed by atoms with Crippen LogP contribution in [0.3, 0.4) is 0 Å². The van der Waals surface area contributed by atoms with Crippen LogP contribution in [0.5, 0.6) is 0 Å². The standard InChI is InChI=1S/C14H27N3O3/c1-16(2)8-11-6-12(18)9-17(11)10-14(19)15-7-13-4-3-5-20-13/h11-13,18H,3-10H2,1-2H3,(H,15,19). The fourth-order valence-corrected chi connectivity index (χ4v) is 3.04. The van der Waals surface area contributed by atoms with Crippen LogP contribution in [-0.4, -0.2) is 85.9 Å². The molecule has 0 aromatic carbocycles. The van der Waals surface area contributed by atoms with Gasteiger partial charge < -0.3 is 20.1 Å². The number of hydrogen-bond acceptors (Lipinski definition) is 5. The average Bonchev–Trinajstić information content (AvgIpc) is 2.97. The zero-order valence-electron chi connectivity index (χ0n) is 12.5. The number of hydrogen-bond donors (Lipinski definition) is 2. The highest BCUT2D eigenvalue weighted by Crippen LogP contribution is 2.18. The number of carbonyl (C=O) groups is 1. The Morgan fingerprint density at radius 2 is 2.30 bits per heavy atom. The SMILES string of the molecule is CN(C)CC1CC(O)CN1CC(=O)NCC1CCCO1. The molecule has 0 bridgehead atoms. The lowest BCUT2D eigenvalue weighted by Crippen LogP contribution is -2.44. The van der Waals surface area contributed by atoms with E-state index < -0.39 is 0 Å². The fraction of sp³-hybridized carbons (Fsp3) is 0.929. The molecule has 0 aromatic rings. The number of nitrogens with zero attached hydrogens (tertiary/aromatic N) is 2. The van der Waals surface area contributed by atoms with Gasteiger partial charge in [-0.3, -0.25) is 9.69 Å². The Morgan fingerprint density at radius 1 is 1.50 bits per heavy atom. The lowest BCUT2D eigenvalue weighted by Gasteiger charge is -2.26. The number of rotatable bonds is 6. The molecule has 2 aliphatic rings.